The van der Waals surface area contributed by atoms with Gasteiger partial charge in [0.25, 0.3) is 0 Å². The highest BCUT2D eigenvalue weighted by molar-refractivity contribution is 5.74. The number of hydrogen-bond acceptors (Lipinski definition) is 4. The molecule has 0 bridgehead atoms. The van der Waals surface area contributed by atoms with Crippen molar-refractivity contribution >= 4 is 11.7 Å². The summed E-state index contributed by atoms with van der Waals surface area (Å²) in [6, 6.07) is 16.2. The Kier molecular flexibility index (Phi) is 7.14. The van der Waals surface area contributed by atoms with E-state index < -0.39 is 0 Å². The van der Waals surface area contributed by atoms with Gasteiger partial charge in [0.05, 0.1) is 18.9 Å². The third-order valence-corrected chi connectivity index (χ3v) is 4.82. The minimum atomic E-state index is -0.0186. The summed E-state index contributed by atoms with van der Waals surface area (Å²) in [5.74, 6) is 0.902. The van der Waals surface area contributed by atoms with Gasteiger partial charge in [0.1, 0.15) is 5.75 Å². The molecule has 0 atom stereocenters. The molecule has 0 unspecified atom stereocenters. The predicted octanol–water partition coefficient (Wildman–Crippen LogP) is 3.26. The van der Waals surface area contributed by atoms with Gasteiger partial charge < -0.3 is 24.6 Å². The van der Waals surface area contributed by atoms with E-state index >= 15 is 0 Å². The highest BCUT2D eigenvalue weighted by Gasteiger charge is 2.22. The van der Waals surface area contributed by atoms with Gasteiger partial charge in [-0.15, -0.1) is 0 Å². The summed E-state index contributed by atoms with van der Waals surface area (Å²) in [4.78, 5) is 16.7. The van der Waals surface area contributed by atoms with E-state index in [2.05, 4.69) is 22.3 Å². The average Bonchev–Trinajstić information content (AvgIpc) is 2.73. The molecular formula is C22H29N3O3. The van der Waals surface area contributed by atoms with E-state index in [1.165, 1.54) is 0 Å². The zero-order chi connectivity index (χ0) is 19.8. The van der Waals surface area contributed by atoms with Gasteiger partial charge in [-0.2, -0.15) is 0 Å². The molecule has 1 aliphatic heterocycles. The largest absolute Gasteiger partial charge is 0.492 e. The van der Waals surface area contributed by atoms with Crippen LogP contribution >= 0.6 is 0 Å². The summed E-state index contributed by atoms with van der Waals surface area (Å²) in [5.41, 5.74) is 3.28. The van der Waals surface area contributed by atoms with Crippen molar-refractivity contribution in [2.45, 2.75) is 20.1 Å². The Bertz CT molecular complexity index is 773. The van der Waals surface area contributed by atoms with Crippen LogP contribution in [0.3, 0.4) is 0 Å². The maximum absolute atomic E-state index is 12.5. The number of urea groups is 1. The highest BCUT2D eigenvalue weighted by atomic mass is 16.5. The second kappa shape index (κ2) is 9.99. The van der Waals surface area contributed by atoms with Crippen molar-refractivity contribution in [1.82, 2.24) is 10.2 Å². The Balaban J connectivity index is 1.51. The van der Waals surface area contributed by atoms with Crippen LogP contribution < -0.4 is 15.0 Å². The number of para-hydroxylation sites is 2. The molecule has 1 aliphatic rings. The molecule has 6 nitrogen and oxygen atoms in total. The molecule has 3 rings (SSSR count). The van der Waals surface area contributed by atoms with E-state index in [4.69, 9.17) is 9.47 Å². The Hall–Kier alpha value is -2.73. The molecule has 0 saturated carbocycles. The van der Waals surface area contributed by atoms with Crippen molar-refractivity contribution in [3.8, 4) is 5.75 Å². The van der Waals surface area contributed by atoms with Gasteiger partial charge in [-0.25, -0.2) is 4.79 Å². The van der Waals surface area contributed by atoms with E-state index in [0.717, 1.165) is 35.7 Å². The monoisotopic (exact) mass is 383 g/mol. The molecule has 1 N–H and O–H groups in total. The normalized spacial score (nSPS) is 14.1. The first-order valence-electron chi connectivity index (χ1n) is 9.77. The first-order chi connectivity index (χ1) is 13.7. The summed E-state index contributed by atoms with van der Waals surface area (Å²) < 4.78 is 10.9. The lowest BCUT2D eigenvalue weighted by Crippen LogP contribution is -2.51. The highest BCUT2D eigenvalue weighted by Crippen LogP contribution is 2.28. The number of ether oxygens (including phenoxy) is 2. The Morgan fingerprint density at radius 1 is 1.04 bits per heavy atom. The van der Waals surface area contributed by atoms with E-state index in [9.17, 15) is 4.79 Å². The molecule has 1 saturated heterocycles. The second-order valence-corrected chi connectivity index (χ2v) is 6.79. The Morgan fingerprint density at radius 2 is 1.79 bits per heavy atom. The summed E-state index contributed by atoms with van der Waals surface area (Å²) >= 11 is 0. The number of nitrogens with one attached hydrogen (secondary N) is 1. The third-order valence-electron chi connectivity index (χ3n) is 4.82. The summed E-state index contributed by atoms with van der Waals surface area (Å²) in [6.45, 7) is 6.69. The number of nitrogens with zero attached hydrogens (tertiary/aromatic N) is 2. The molecule has 1 heterocycles. The predicted molar refractivity (Wildman–Crippen MR) is 111 cm³/mol. The molecule has 6 heteroatoms. The molecule has 0 aliphatic carbocycles. The van der Waals surface area contributed by atoms with Crippen LogP contribution in [0, 0.1) is 0 Å². The number of methoxy groups -OCH3 is 1. The zero-order valence-corrected chi connectivity index (χ0v) is 16.7. The fourth-order valence-electron chi connectivity index (χ4n) is 3.43. The molecule has 0 radical (unpaired) electrons. The van der Waals surface area contributed by atoms with Gasteiger partial charge in [0, 0.05) is 39.8 Å². The molecule has 28 heavy (non-hydrogen) atoms. The minimum Gasteiger partial charge on any atom is -0.492 e. The summed E-state index contributed by atoms with van der Waals surface area (Å²) in [7, 11) is 1.68. The number of carbonyl (C=O) groups is 1. The maximum atomic E-state index is 12.5. The lowest BCUT2D eigenvalue weighted by molar-refractivity contribution is 0.185. The minimum absolute atomic E-state index is 0.0186. The van der Waals surface area contributed by atoms with Gasteiger partial charge >= 0.3 is 6.03 Å². The lowest BCUT2D eigenvalue weighted by Gasteiger charge is -2.36. The molecular weight excluding hydrogens is 354 g/mol. The van der Waals surface area contributed by atoms with E-state index in [1.807, 2.05) is 48.2 Å². The molecule has 150 valence electrons. The van der Waals surface area contributed by atoms with Crippen molar-refractivity contribution in [3.05, 3.63) is 59.7 Å². The van der Waals surface area contributed by atoms with Crippen molar-refractivity contribution in [3.63, 3.8) is 0 Å². The number of amides is 2. The topological polar surface area (TPSA) is 54.0 Å². The summed E-state index contributed by atoms with van der Waals surface area (Å²) in [5, 5.41) is 3.03. The first-order valence-corrected chi connectivity index (χ1v) is 9.77. The summed E-state index contributed by atoms with van der Waals surface area (Å²) in [6.07, 6.45) is 0. The van der Waals surface area contributed by atoms with Crippen LogP contribution in [-0.4, -0.2) is 50.8 Å². The van der Waals surface area contributed by atoms with Crippen LogP contribution in [-0.2, 0) is 17.9 Å². The lowest BCUT2D eigenvalue weighted by atomic mass is 10.1. The number of hydrogen-bond donors (Lipinski definition) is 1. The van der Waals surface area contributed by atoms with Crippen LogP contribution in [0.1, 0.15) is 18.1 Å². The number of benzene rings is 2. The second-order valence-electron chi connectivity index (χ2n) is 6.79. The molecule has 0 spiro atoms. The Labute approximate surface area is 167 Å². The molecule has 2 amide bonds. The number of anilines is 1. The van der Waals surface area contributed by atoms with Crippen molar-refractivity contribution in [2.75, 3.05) is 44.8 Å². The van der Waals surface area contributed by atoms with Gasteiger partial charge in [-0.3, -0.25) is 0 Å². The number of carbonyl (C=O) groups excluding carboxylic acids is 1. The SMILES string of the molecule is CCOc1ccccc1N1CCN(C(=O)NCc2cccc(COC)c2)CC1. The zero-order valence-electron chi connectivity index (χ0n) is 16.7. The standard InChI is InChI=1S/C22H29N3O3/c1-3-28-21-10-5-4-9-20(21)24-11-13-25(14-12-24)22(26)23-16-18-7-6-8-19(15-18)17-27-2/h4-10,15H,3,11-14,16-17H2,1-2H3,(H,23,26). The van der Waals surface area contributed by atoms with Crippen LogP contribution in [0.5, 0.6) is 5.75 Å². The maximum Gasteiger partial charge on any atom is 0.317 e. The quantitative estimate of drug-likeness (QED) is 0.797. The fraction of sp³-hybridized carbons (Fsp3) is 0.409. The number of rotatable bonds is 7. The van der Waals surface area contributed by atoms with E-state index in [1.54, 1.807) is 7.11 Å². The molecule has 2 aromatic rings. The van der Waals surface area contributed by atoms with Gasteiger partial charge in [0.15, 0.2) is 0 Å². The van der Waals surface area contributed by atoms with Gasteiger partial charge in [0.2, 0.25) is 0 Å². The van der Waals surface area contributed by atoms with E-state index in [0.29, 0.717) is 32.8 Å². The molecule has 1 fully saturated rings. The van der Waals surface area contributed by atoms with Gasteiger partial charge in [-0.1, -0.05) is 36.4 Å². The van der Waals surface area contributed by atoms with E-state index in [-0.39, 0.29) is 6.03 Å². The molecule has 0 aromatic heterocycles. The van der Waals surface area contributed by atoms with Gasteiger partial charge in [-0.05, 0) is 30.2 Å². The third kappa shape index (κ3) is 5.16. The smallest absolute Gasteiger partial charge is 0.317 e. The van der Waals surface area contributed by atoms with Crippen molar-refractivity contribution in [2.24, 2.45) is 0 Å². The first kappa shape index (κ1) is 20.0. The average molecular weight is 383 g/mol. The van der Waals surface area contributed by atoms with Crippen molar-refractivity contribution < 1.29 is 14.3 Å². The fourth-order valence-corrected chi connectivity index (χ4v) is 3.43. The van der Waals surface area contributed by atoms with Crippen LogP contribution in [0.4, 0.5) is 10.5 Å². The number of piperazine rings is 1. The van der Waals surface area contributed by atoms with Crippen LogP contribution in [0.25, 0.3) is 0 Å². The van der Waals surface area contributed by atoms with Crippen LogP contribution in [0.2, 0.25) is 0 Å². The Morgan fingerprint density at radius 3 is 2.54 bits per heavy atom. The molecule has 2 aromatic carbocycles. The van der Waals surface area contributed by atoms with Crippen LogP contribution in [0.15, 0.2) is 48.5 Å². The van der Waals surface area contributed by atoms with Crippen molar-refractivity contribution in [1.29, 1.82) is 0 Å².